The molecule has 0 saturated heterocycles. The smallest absolute Gasteiger partial charge is 0.109 e. The van der Waals surface area contributed by atoms with Gasteiger partial charge in [-0.15, -0.1) is 11.3 Å². The van der Waals surface area contributed by atoms with Gasteiger partial charge >= 0.3 is 0 Å². The van der Waals surface area contributed by atoms with Gasteiger partial charge in [-0.25, -0.2) is 4.98 Å². The summed E-state index contributed by atoms with van der Waals surface area (Å²) in [6.07, 6.45) is 3.11. The van der Waals surface area contributed by atoms with E-state index in [1.54, 1.807) is 11.3 Å². The van der Waals surface area contributed by atoms with Crippen LogP contribution in [0, 0.1) is 0 Å². The predicted octanol–water partition coefficient (Wildman–Crippen LogP) is 2.94. The Morgan fingerprint density at radius 2 is 2.50 bits per heavy atom. The van der Waals surface area contributed by atoms with E-state index in [9.17, 15) is 0 Å². The largest absolute Gasteiger partial charge is 0.308 e. The molecule has 1 atom stereocenters. The Bertz CT molecular complexity index is 224. The molecule has 0 saturated carbocycles. The highest BCUT2D eigenvalue weighted by Crippen LogP contribution is 2.14. The van der Waals surface area contributed by atoms with Crippen molar-refractivity contribution in [3.05, 3.63) is 16.6 Å². The lowest BCUT2D eigenvalue weighted by Crippen LogP contribution is -2.20. The zero-order valence-corrected chi connectivity index (χ0v) is 10.5. The molecule has 1 N–H and O–H groups in total. The Kier molecular flexibility index (Phi) is 6.23. The van der Waals surface area contributed by atoms with Crippen molar-refractivity contribution in [2.45, 2.75) is 26.3 Å². The Morgan fingerprint density at radius 3 is 3.14 bits per heavy atom. The van der Waals surface area contributed by atoms with Crippen LogP contribution < -0.4 is 5.32 Å². The van der Waals surface area contributed by atoms with Crippen LogP contribution >= 0.6 is 23.1 Å². The van der Waals surface area contributed by atoms with Crippen LogP contribution in [0.1, 0.15) is 31.3 Å². The summed E-state index contributed by atoms with van der Waals surface area (Å²) < 4.78 is 0. The SMILES string of the molecule is CCSCCCNC(C)c1nccs1. The molecule has 4 heteroatoms. The number of hydrogen-bond acceptors (Lipinski definition) is 4. The number of nitrogens with zero attached hydrogens (tertiary/aromatic N) is 1. The van der Waals surface area contributed by atoms with Gasteiger partial charge in [0.25, 0.3) is 0 Å². The normalized spacial score (nSPS) is 13.0. The molecule has 0 amide bonds. The number of aromatic nitrogens is 1. The van der Waals surface area contributed by atoms with Crippen molar-refractivity contribution in [2.75, 3.05) is 18.1 Å². The van der Waals surface area contributed by atoms with Crippen LogP contribution in [0.3, 0.4) is 0 Å². The third kappa shape index (κ3) is 4.44. The fraction of sp³-hybridized carbons (Fsp3) is 0.700. The summed E-state index contributed by atoms with van der Waals surface area (Å²) in [5.41, 5.74) is 0. The van der Waals surface area contributed by atoms with Crippen molar-refractivity contribution >= 4 is 23.1 Å². The van der Waals surface area contributed by atoms with Crippen LogP contribution in [0.4, 0.5) is 0 Å². The number of thioether (sulfide) groups is 1. The minimum Gasteiger partial charge on any atom is -0.308 e. The van der Waals surface area contributed by atoms with Gasteiger partial charge in [0.2, 0.25) is 0 Å². The third-order valence-corrected chi connectivity index (χ3v) is 3.89. The molecule has 0 aliphatic rings. The third-order valence-electron chi connectivity index (χ3n) is 1.94. The maximum atomic E-state index is 4.28. The Balaban J connectivity index is 2.07. The Labute approximate surface area is 94.5 Å². The molecule has 0 bridgehead atoms. The van der Waals surface area contributed by atoms with E-state index in [1.807, 2.05) is 23.3 Å². The van der Waals surface area contributed by atoms with Crippen molar-refractivity contribution < 1.29 is 0 Å². The topological polar surface area (TPSA) is 24.9 Å². The maximum Gasteiger partial charge on any atom is 0.109 e. The zero-order valence-electron chi connectivity index (χ0n) is 8.82. The molecule has 1 unspecified atom stereocenters. The molecule has 1 aromatic rings. The van der Waals surface area contributed by atoms with E-state index < -0.39 is 0 Å². The molecule has 14 heavy (non-hydrogen) atoms. The van der Waals surface area contributed by atoms with E-state index in [0.717, 1.165) is 6.54 Å². The molecule has 0 aliphatic heterocycles. The van der Waals surface area contributed by atoms with E-state index in [0.29, 0.717) is 6.04 Å². The Morgan fingerprint density at radius 1 is 1.64 bits per heavy atom. The average molecular weight is 230 g/mol. The van der Waals surface area contributed by atoms with E-state index in [4.69, 9.17) is 0 Å². The van der Waals surface area contributed by atoms with Crippen molar-refractivity contribution in [2.24, 2.45) is 0 Å². The molecule has 80 valence electrons. The van der Waals surface area contributed by atoms with Crippen LogP contribution in [-0.4, -0.2) is 23.0 Å². The van der Waals surface area contributed by atoms with Gasteiger partial charge in [-0.05, 0) is 31.4 Å². The lowest BCUT2D eigenvalue weighted by molar-refractivity contribution is 0.570. The second-order valence-electron chi connectivity index (χ2n) is 3.10. The molecular formula is C10H18N2S2. The summed E-state index contributed by atoms with van der Waals surface area (Å²) in [5, 5.41) is 6.69. The van der Waals surface area contributed by atoms with Gasteiger partial charge in [0.05, 0.1) is 6.04 Å². The molecule has 1 heterocycles. The van der Waals surface area contributed by atoms with Crippen molar-refractivity contribution in [1.29, 1.82) is 0 Å². The molecule has 2 nitrogen and oxygen atoms in total. The summed E-state index contributed by atoms with van der Waals surface area (Å²) in [5.74, 6) is 2.48. The van der Waals surface area contributed by atoms with E-state index >= 15 is 0 Å². The first kappa shape index (κ1) is 12.0. The van der Waals surface area contributed by atoms with Gasteiger partial charge in [-0.1, -0.05) is 6.92 Å². The van der Waals surface area contributed by atoms with Crippen LogP contribution in [0.2, 0.25) is 0 Å². The number of nitrogens with one attached hydrogen (secondary N) is 1. The van der Waals surface area contributed by atoms with Gasteiger partial charge < -0.3 is 5.32 Å². The molecule has 0 aromatic carbocycles. The Hall–Kier alpha value is -0.0600. The van der Waals surface area contributed by atoms with Crippen LogP contribution in [0.5, 0.6) is 0 Å². The van der Waals surface area contributed by atoms with E-state index in [1.165, 1.54) is 22.9 Å². The van der Waals surface area contributed by atoms with Crippen LogP contribution in [-0.2, 0) is 0 Å². The molecule has 0 fully saturated rings. The standard InChI is InChI=1S/C10H18N2S2/c1-3-13-7-4-5-11-9(2)10-12-6-8-14-10/h6,8-9,11H,3-5,7H2,1-2H3. The summed E-state index contributed by atoms with van der Waals surface area (Å²) in [4.78, 5) is 4.28. The molecule has 1 aromatic heterocycles. The first-order valence-corrected chi connectivity index (χ1v) is 7.08. The number of hydrogen-bond donors (Lipinski definition) is 1. The molecule has 0 spiro atoms. The maximum absolute atomic E-state index is 4.28. The van der Waals surface area contributed by atoms with Crippen molar-refractivity contribution in [3.8, 4) is 0 Å². The molecule has 1 rings (SSSR count). The summed E-state index contributed by atoms with van der Waals surface area (Å²) in [6, 6.07) is 0.404. The molecular weight excluding hydrogens is 212 g/mol. The highest BCUT2D eigenvalue weighted by molar-refractivity contribution is 7.99. The minimum atomic E-state index is 0.404. The highest BCUT2D eigenvalue weighted by Gasteiger charge is 2.05. The average Bonchev–Trinajstić information content (AvgIpc) is 2.70. The van der Waals surface area contributed by atoms with Crippen LogP contribution in [0.25, 0.3) is 0 Å². The zero-order chi connectivity index (χ0) is 10.2. The monoisotopic (exact) mass is 230 g/mol. The first-order chi connectivity index (χ1) is 6.84. The highest BCUT2D eigenvalue weighted by atomic mass is 32.2. The van der Waals surface area contributed by atoms with Gasteiger partial charge in [0.1, 0.15) is 5.01 Å². The van der Waals surface area contributed by atoms with E-state index in [2.05, 4.69) is 24.1 Å². The van der Waals surface area contributed by atoms with Crippen molar-refractivity contribution in [1.82, 2.24) is 10.3 Å². The summed E-state index contributed by atoms with van der Waals surface area (Å²) >= 11 is 3.72. The van der Waals surface area contributed by atoms with Gasteiger partial charge in [-0.3, -0.25) is 0 Å². The first-order valence-electron chi connectivity index (χ1n) is 5.05. The lowest BCUT2D eigenvalue weighted by Gasteiger charge is -2.10. The number of rotatable bonds is 7. The van der Waals surface area contributed by atoms with Crippen LogP contribution in [0.15, 0.2) is 11.6 Å². The molecule has 0 radical (unpaired) electrons. The number of thiazole rings is 1. The van der Waals surface area contributed by atoms with E-state index in [-0.39, 0.29) is 0 Å². The quantitative estimate of drug-likeness (QED) is 0.729. The fourth-order valence-electron chi connectivity index (χ4n) is 1.17. The van der Waals surface area contributed by atoms with Gasteiger partial charge in [-0.2, -0.15) is 11.8 Å². The second kappa shape index (κ2) is 7.26. The van der Waals surface area contributed by atoms with Gasteiger partial charge in [0.15, 0.2) is 0 Å². The lowest BCUT2D eigenvalue weighted by atomic mass is 10.3. The summed E-state index contributed by atoms with van der Waals surface area (Å²) in [7, 11) is 0. The minimum absolute atomic E-state index is 0.404. The fourth-order valence-corrected chi connectivity index (χ4v) is 2.48. The van der Waals surface area contributed by atoms with Gasteiger partial charge in [0, 0.05) is 11.6 Å². The second-order valence-corrected chi connectivity index (χ2v) is 5.42. The summed E-state index contributed by atoms with van der Waals surface area (Å²) in [6.45, 7) is 5.47. The van der Waals surface area contributed by atoms with Crippen molar-refractivity contribution in [3.63, 3.8) is 0 Å². The predicted molar refractivity (Wildman–Crippen MR) is 66.1 cm³/mol. The molecule has 0 aliphatic carbocycles.